The molecule has 2 amide bonds. The van der Waals surface area contributed by atoms with Crippen molar-refractivity contribution in [3.8, 4) is 0 Å². The van der Waals surface area contributed by atoms with Crippen LogP contribution in [0.5, 0.6) is 0 Å². The van der Waals surface area contributed by atoms with Crippen molar-refractivity contribution in [2.45, 2.75) is 25.1 Å². The smallest absolute Gasteiger partial charge is 0.390 e. The van der Waals surface area contributed by atoms with E-state index in [0.717, 1.165) is 0 Å². The quantitative estimate of drug-likeness (QED) is 0.780. The van der Waals surface area contributed by atoms with Gasteiger partial charge in [0.05, 0.1) is 6.42 Å². The number of carbonyl (C=O) groups excluding carboxylic acids is 1. The second-order valence-electron chi connectivity index (χ2n) is 4.54. The van der Waals surface area contributed by atoms with Crippen LogP contribution in [0.4, 0.5) is 18.0 Å². The van der Waals surface area contributed by atoms with E-state index in [4.69, 9.17) is 0 Å². The van der Waals surface area contributed by atoms with Gasteiger partial charge in [-0.25, -0.2) is 9.59 Å². The first-order valence-electron chi connectivity index (χ1n) is 6.07. The van der Waals surface area contributed by atoms with Crippen molar-refractivity contribution >= 4 is 12.0 Å². The molecule has 3 N–H and O–H groups in total. The van der Waals surface area contributed by atoms with Crippen molar-refractivity contribution in [3.63, 3.8) is 0 Å². The lowest BCUT2D eigenvalue weighted by molar-refractivity contribution is -0.144. The van der Waals surface area contributed by atoms with Gasteiger partial charge in [0.1, 0.15) is 0 Å². The summed E-state index contributed by atoms with van der Waals surface area (Å²) in [7, 11) is 0. The Morgan fingerprint density at radius 1 is 1.19 bits per heavy atom. The number of nitrogens with one attached hydrogen (secondary N) is 2. The molecule has 5 nitrogen and oxygen atoms in total. The van der Waals surface area contributed by atoms with Gasteiger partial charge >= 0.3 is 18.2 Å². The molecule has 0 aromatic heterocycles. The third kappa shape index (κ3) is 4.97. The number of carboxylic acid groups (broad SMARTS) is 1. The number of aliphatic carboxylic acids is 1. The van der Waals surface area contributed by atoms with Gasteiger partial charge in [0.15, 0.2) is 5.54 Å². The van der Waals surface area contributed by atoms with E-state index in [1.54, 1.807) is 18.2 Å². The molecule has 1 aromatic carbocycles. The third-order valence-electron chi connectivity index (χ3n) is 2.84. The molecule has 116 valence electrons. The first-order valence-corrected chi connectivity index (χ1v) is 6.07. The molecule has 0 spiro atoms. The van der Waals surface area contributed by atoms with Crippen LogP contribution in [0.15, 0.2) is 30.3 Å². The minimum absolute atomic E-state index is 0.309. The van der Waals surface area contributed by atoms with Crippen LogP contribution < -0.4 is 10.6 Å². The number of alkyl halides is 3. The van der Waals surface area contributed by atoms with Crippen LogP contribution in [0.1, 0.15) is 18.9 Å². The van der Waals surface area contributed by atoms with E-state index in [1.165, 1.54) is 19.1 Å². The van der Waals surface area contributed by atoms with Crippen LogP contribution in [0.3, 0.4) is 0 Å². The van der Waals surface area contributed by atoms with Gasteiger partial charge in [-0.15, -0.1) is 0 Å². The number of carbonyl (C=O) groups is 2. The summed E-state index contributed by atoms with van der Waals surface area (Å²) in [6.45, 7) is 0.633. The molecule has 21 heavy (non-hydrogen) atoms. The molecule has 0 bridgehead atoms. The van der Waals surface area contributed by atoms with Gasteiger partial charge < -0.3 is 15.7 Å². The summed E-state index contributed by atoms with van der Waals surface area (Å²) in [5, 5.41) is 13.4. The fourth-order valence-electron chi connectivity index (χ4n) is 1.61. The fourth-order valence-corrected chi connectivity index (χ4v) is 1.61. The van der Waals surface area contributed by atoms with Gasteiger partial charge in [-0.05, 0) is 12.5 Å². The molecule has 8 heteroatoms. The van der Waals surface area contributed by atoms with Crippen LogP contribution in [0.2, 0.25) is 0 Å². The Bertz CT molecular complexity index is 505. The number of rotatable bonds is 5. The predicted octanol–water partition coefficient (Wildman–Crippen LogP) is 2.24. The second-order valence-corrected chi connectivity index (χ2v) is 4.54. The molecule has 0 aliphatic carbocycles. The first-order chi connectivity index (χ1) is 9.65. The normalized spacial score (nSPS) is 14.1. The third-order valence-corrected chi connectivity index (χ3v) is 2.84. The summed E-state index contributed by atoms with van der Waals surface area (Å²) in [6, 6.07) is 6.90. The summed E-state index contributed by atoms with van der Waals surface area (Å²) in [6.07, 6.45) is -5.57. The van der Waals surface area contributed by atoms with E-state index in [0.29, 0.717) is 5.56 Å². The molecule has 1 unspecified atom stereocenters. The summed E-state index contributed by atoms with van der Waals surface area (Å²) < 4.78 is 35.9. The Labute approximate surface area is 119 Å². The lowest BCUT2D eigenvalue weighted by Gasteiger charge is -2.26. The molecule has 0 aliphatic heterocycles. The molecule has 0 fully saturated rings. The Morgan fingerprint density at radius 2 is 1.76 bits per heavy atom. The minimum atomic E-state index is -4.39. The molecule has 1 atom stereocenters. The monoisotopic (exact) mass is 304 g/mol. The van der Waals surface area contributed by atoms with Crippen molar-refractivity contribution in [1.82, 2.24) is 10.6 Å². The summed E-state index contributed by atoms with van der Waals surface area (Å²) in [4.78, 5) is 22.9. The van der Waals surface area contributed by atoms with E-state index >= 15 is 0 Å². The highest BCUT2D eigenvalue weighted by Gasteiger charge is 2.37. The van der Waals surface area contributed by atoms with Crippen molar-refractivity contribution in [3.05, 3.63) is 35.9 Å². The van der Waals surface area contributed by atoms with Crippen molar-refractivity contribution in [2.75, 3.05) is 6.54 Å². The minimum Gasteiger partial charge on any atom is -0.479 e. The van der Waals surface area contributed by atoms with Gasteiger partial charge in [-0.2, -0.15) is 13.2 Å². The topological polar surface area (TPSA) is 78.4 Å². The van der Waals surface area contributed by atoms with Gasteiger partial charge in [-0.3, -0.25) is 0 Å². The molecule has 0 saturated carbocycles. The van der Waals surface area contributed by atoms with E-state index in [9.17, 15) is 27.9 Å². The zero-order valence-electron chi connectivity index (χ0n) is 11.2. The standard InChI is InChI=1S/C13H15F3N2O3/c1-12(10(19)20,9-5-3-2-4-6-9)18-11(21)17-8-7-13(14,15)16/h2-6H,7-8H2,1H3,(H,19,20)(H2,17,18,21). The van der Waals surface area contributed by atoms with Gasteiger partial charge in [-0.1, -0.05) is 30.3 Å². The molecule has 0 radical (unpaired) electrons. The summed E-state index contributed by atoms with van der Waals surface area (Å²) >= 11 is 0. The molecule has 0 aliphatic rings. The summed E-state index contributed by atoms with van der Waals surface area (Å²) in [5.74, 6) is -1.32. The molecular formula is C13H15F3N2O3. The van der Waals surface area contributed by atoms with Crippen molar-refractivity contribution in [2.24, 2.45) is 0 Å². The number of benzene rings is 1. The van der Waals surface area contributed by atoms with Crippen LogP contribution in [-0.4, -0.2) is 29.8 Å². The predicted molar refractivity (Wildman–Crippen MR) is 68.6 cm³/mol. The molecule has 1 rings (SSSR count). The van der Waals surface area contributed by atoms with Crippen LogP contribution >= 0.6 is 0 Å². The van der Waals surface area contributed by atoms with Crippen molar-refractivity contribution in [1.29, 1.82) is 0 Å². The van der Waals surface area contributed by atoms with Crippen molar-refractivity contribution < 1.29 is 27.9 Å². The maximum absolute atomic E-state index is 12.0. The van der Waals surface area contributed by atoms with Gasteiger partial charge in [0, 0.05) is 6.54 Å². The number of hydrogen-bond acceptors (Lipinski definition) is 2. The average Bonchev–Trinajstić information content (AvgIpc) is 2.37. The average molecular weight is 304 g/mol. The van der Waals surface area contributed by atoms with E-state index < -0.39 is 36.7 Å². The van der Waals surface area contributed by atoms with Crippen LogP contribution in [0, 0.1) is 0 Å². The molecule has 0 saturated heterocycles. The Hall–Kier alpha value is -2.25. The maximum Gasteiger partial charge on any atom is 0.390 e. The molecular weight excluding hydrogens is 289 g/mol. The summed E-state index contributed by atoms with van der Waals surface area (Å²) in [5.41, 5.74) is -1.42. The Kier molecular flexibility index (Phi) is 5.17. The van der Waals surface area contributed by atoms with Crippen LogP contribution in [0.25, 0.3) is 0 Å². The van der Waals surface area contributed by atoms with Gasteiger partial charge in [0.2, 0.25) is 0 Å². The number of urea groups is 1. The number of amides is 2. The maximum atomic E-state index is 12.0. The highest BCUT2D eigenvalue weighted by molar-refractivity contribution is 5.87. The first kappa shape index (κ1) is 16.8. The second kappa shape index (κ2) is 6.47. The SMILES string of the molecule is CC(NC(=O)NCCC(F)(F)F)(C(=O)O)c1ccccc1. The van der Waals surface area contributed by atoms with Gasteiger partial charge in [0.25, 0.3) is 0 Å². The molecule has 1 aromatic rings. The Balaban J connectivity index is 2.72. The van der Waals surface area contributed by atoms with Crippen LogP contribution in [-0.2, 0) is 10.3 Å². The number of carboxylic acids is 1. The lowest BCUT2D eigenvalue weighted by Crippen LogP contribution is -2.53. The lowest BCUT2D eigenvalue weighted by atomic mass is 9.92. The Morgan fingerprint density at radius 3 is 2.24 bits per heavy atom. The largest absolute Gasteiger partial charge is 0.479 e. The van der Waals surface area contributed by atoms with E-state index in [1.807, 2.05) is 5.32 Å². The fraction of sp³-hybridized carbons (Fsp3) is 0.385. The number of halogens is 3. The van der Waals surface area contributed by atoms with E-state index in [2.05, 4.69) is 5.32 Å². The highest BCUT2D eigenvalue weighted by atomic mass is 19.4. The van der Waals surface area contributed by atoms with E-state index in [-0.39, 0.29) is 0 Å². The zero-order chi connectivity index (χ0) is 16.1. The highest BCUT2D eigenvalue weighted by Crippen LogP contribution is 2.21. The zero-order valence-corrected chi connectivity index (χ0v) is 11.2. The molecule has 0 heterocycles. The number of hydrogen-bond donors (Lipinski definition) is 3.